The second kappa shape index (κ2) is 6.69. The van der Waals surface area contributed by atoms with Crippen molar-refractivity contribution < 1.29 is 5.11 Å². The summed E-state index contributed by atoms with van der Waals surface area (Å²) in [6.45, 7) is 3.00. The number of aliphatic hydroxyl groups is 1. The molecule has 0 saturated heterocycles. The van der Waals surface area contributed by atoms with Crippen LogP contribution < -0.4 is 0 Å². The summed E-state index contributed by atoms with van der Waals surface area (Å²) < 4.78 is 0. The lowest BCUT2D eigenvalue weighted by atomic mass is 9.99. The fourth-order valence-electron chi connectivity index (χ4n) is 2.94. The van der Waals surface area contributed by atoms with Gasteiger partial charge >= 0.3 is 0 Å². The summed E-state index contributed by atoms with van der Waals surface area (Å²) in [4.78, 5) is 3.65. The summed E-state index contributed by atoms with van der Waals surface area (Å²) >= 11 is 1.80. The molecule has 18 heavy (non-hydrogen) atoms. The molecule has 1 aromatic heterocycles. The number of hydrogen-bond acceptors (Lipinski definition) is 3. The first-order chi connectivity index (χ1) is 8.66. The molecule has 2 nitrogen and oxygen atoms in total. The van der Waals surface area contributed by atoms with Gasteiger partial charge in [0.1, 0.15) is 0 Å². The molecular formula is C15H25NOS. The third-order valence-electron chi connectivity index (χ3n) is 4.19. The number of thiophene rings is 1. The van der Waals surface area contributed by atoms with Gasteiger partial charge in [-0.05, 0) is 37.8 Å². The summed E-state index contributed by atoms with van der Waals surface area (Å²) in [5, 5.41) is 12.3. The zero-order valence-corrected chi connectivity index (χ0v) is 12.3. The summed E-state index contributed by atoms with van der Waals surface area (Å²) in [6, 6.07) is 4.68. The fourth-order valence-corrected chi connectivity index (χ4v) is 3.79. The molecule has 2 atom stereocenters. The maximum Gasteiger partial charge on any atom is 0.0669 e. The van der Waals surface area contributed by atoms with Crippen LogP contribution in [0.3, 0.4) is 0 Å². The van der Waals surface area contributed by atoms with Gasteiger partial charge in [-0.2, -0.15) is 0 Å². The van der Waals surface area contributed by atoms with E-state index in [-0.39, 0.29) is 6.10 Å². The average Bonchev–Trinajstić information content (AvgIpc) is 2.99. The van der Waals surface area contributed by atoms with Gasteiger partial charge in [-0.1, -0.05) is 31.7 Å². The van der Waals surface area contributed by atoms with Crippen molar-refractivity contribution in [3.8, 4) is 0 Å². The lowest BCUT2D eigenvalue weighted by Gasteiger charge is -2.27. The Balaban J connectivity index is 1.77. The van der Waals surface area contributed by atoms with Crippen LogP contribution in [0.1, 0.15) is 49.9 Å². The number of likely N-dealkylation sites (N-methyl/N-ethyl adjacent to an activating group) is 1. The zero-order chi connectivity index (χ0) is 13.0. The topological polar surface area (TPSA) is 23.5 Å². The predicted octanol–water partition coefficient (Wildman–Crippen LogP) is 3.68. The predicted molar refractivity (Wildman–Crippen MR) is 77.9 cm³/mol. The summed E-state index contributed by atoms with van der Waals surface area (Å²) in [5.74, 6) is 0.769. The van der Waals surface area contributed by atoms with E-state index in [9.17, 15) is 5.11 Å². The monoisotopic (exact) mass is 267 g/mol. The normalized spacial score (nSPS) is 20.4. The molecule has 1 saturated carbocycles. The average molecular weight is 267 g/mol. The van der Waals surface area contributed by atoms with Crippen LogP contribution in [0.15, 0.2) is 17.5 Å². The number of aliphatic hydroxyl groups excluding tert-OH is 1. The molecule has 1 aromatic rings. The molecule has 1 aliphatic rings. The van der Waals surface area contributed by atoms with Crippen molar-refractivity contribution in [1.82, 2.24) is 4.90 Å². The zero-order valence-electron chi connectivity index (χ0n) is 11.5. The quantitative estimate of drug-likeness (QED) is 0.850. The standard InChI is InChI=1S/C15H25NOS/c1-12(15-8-5-9-18-15)16(2)11-14(17)10-13-6-3-4-7-13/h5,8-9,12-14,17H,3-4,6-7,10-11H2,1-2H3. The Morgan fingerprint density at radius 2 is 2.17 bits per heavy atom. The van der Waals surface area contributed by atoms with Crippen LogP contribution in [0.5, 0.6) is 0 Å². The summed E-state index contributed by atoms with van der Waals surface area (Å²) in [5.41, 5.74) is 0. The van der Waals surface area contributed by atoms with E-state index in [1.807, 2.05) is 0 Å². The highest BCUT2D eigenvalue weighted by Gasteiger charge is 2.21. The van der Waals surface area contributed by atoms with Crippen molar-refractivity contribution >= 4 is 11.3 Å². The Kier molecular flexibility index (Phi) is 5.22. The Labute approximate surface area is 115 Å². The minimum absolute atomic E-state index is 0.166. The van der Waals surface area contributed by atoms with Crippen LogP contribution in [-0.4, -0.2) is 29.7 Å². The minimum Gasteiger partial charge on any atom is -0.392 e. The smallest absolute Gasteiger partial charge is 0.0669 e. The molecule has 1 heterocycles. The van der Waals surface area contributed by atoms with Crippen LogP contribution in [0.2, 0.25) is 0 Å². The van der Waals surface area contributed by atoms with Gasteiger partial charge in [-0.25, -0.2) is 0 Å². The van der Waals surface area contributed by atoms with Crippen LogP contribution in [0.4, 0.5) is 0 Å². The summed E-state index contributed by atoms with van der Waals surface area (Å²) in [7, 11) is 2.11. The van der Waals surface area contributed by atoms with Crippen LogP contribution in [-0.2, 0) is 0 Å². The highest BCUT2D eigenvalue weighted by atomic mass is 32.1. The number of rotatable bonds is 6. The molecule has 1 N–H and O–H groups in total. The number of hydrogen-bond donors (Lipinski definition) is 1. The first-order valence-corrected chi connectivity index (χ1v) is 7.96. The van der Waals surface area contributed by atoms with E-state index in [4.69, 9.17) is 0 Å². The highest BCUT2D eigenvalue weighted by Crippen LogP contribution is 2.29. The molecule has 0 bridgehead atoms. The molecular weight excluding hydrogens is 242 g/mol. The van der Waals surface area contributed by atoms with Crippen LogP contribution in [0, 0.1) is 5.92 Å². The van der Waals surface area contributed by atoms with E-state index in [1.54, 1.807) is 11.3 Å². The second-order valence-corrected chi connectivity index (χ2v) is 6.65. The molecule has 2 rings (SSSR count). The second-order valence-electron chi connectivity index (χ2n) is 5.67. The van der Waals surface area contributed by atoms with Gasteiger partial charge in [0.25, 0.3) is 0 Å². The van der Waals surface area contributed by atoms with E-state index >= 15 is 0 Å². The highest BCUT2D eigenvalue weighted by molar-refractivity contribution is 7.10. The maximum atomic E-state index is 10.2. The molecule has 102 valence electrons. The van der Waals surface area contributed by atoms with Crippen molar-refractivity contribution in [1.29, 1.82) is 0 Å². The van der Waals surface area contributed by atoms with Gasteiger partial charge in [-0.3, -0.25) is 4.90 Å². The fraction of sp³-hybridized carbons (Fsp3) is 0.733. The van der Waals surface area contributed by atoms with Crippen molar-refractivity contribution in [2.24, 2.45) is 5.92 Å². The van der Waals surface area contributed by atoms with Gasteiger partial charge in [0, 0.05) is 17.5 Å². The van der Waals surface area contributed by atoms with E-state index in [2.05, 4.69) is 36.4 Å². The van der Waals surface area contributed by atoms with Crippen LogP contribution in [0.25, 0.3) is 0 Å². The number of nitrogens with zero attached hydrogens (tertiary/aromatic N) is 1. The lowest BCUT2D eigenvalue weighted by Crippen LogP contribution is -2.32. The van der Waals surface area contributed by atoms with Crippen molar-refractivity contribution in [3.05, 3.63) is 22.4 Å². The SMILES string of the molecule is CC(c1cccs1)N(C)CC(O)CC1CCCC1. The largest absolute Gasteiger partial charge is 0.392 e. The van der Waals surface area contributed by atoms with Gasteiger partial charge < -0.3 is 5.11 Å². The van der Waals surface area contributed by atoms with Crippen molar-refractivity contribution in [2.75, 3.05) is 13.6 Å². The first kappa shape index (κ1) is 14.0. The molecule has 0 radical (unpaired) electrons. The first-order valence-electron chi connectivity index (χ1n) is 7.08. The third-order valence-corrected chi connectivity index (χ3v) is 5.24. The molecule has 0 aromatic carbocycles. The molecule has 0 amide bonds. The Morgan fingerprint density at radius 3 is 2.78 bits per heavy atom. The van der Waals surface area contributed by atoms with Gasteiger partial charge in [0.15, 0.2) is 0 Å². The maximum absolute atomic E-state index is 10.2. The van der Waals surface area contributed by atoms with Crippen LogP contribution >= 0.6 is 11.3 Å². The van der Waals surface area contributed by atoms with E-state index < -0.39 is 0 Å². The molecule has 2 unspecified atom stereocenters. The Hall–Kier alpha value is -0.380. The molecule has 1 fully saturated rings. The van der Waals surface area contributed by atoms with E-state index in [1.165, 1.54) is 30.6 Å². The molecule has 3 heteroatoms. The lowest BCUT2D eigenvalue weighted by molar-refractivity contribution is 0.0880. The minimum atomic E-state index is -0.166. The Morgan fingerprint density at radius 1 is 1.44 bits per heavy atom. The third kappa shape index (κ3) is 3.81. The molecule has 1 aliphatic carbocycles. The Bertz CT molecular complexity index is 332. The molecule has 0 aliphatic heterocycles. The summed E-state index contributed by atoms with van der Waals surface area (Å²) in [6.07, 6.45) is 6.18. The van der Waals surface area contributed by atoms with Gasteiger partial charge in [0.05, 0.1) is 6.10 Å². The van der Waals surface area contributed by atoms with Gasteiger partial charge in [-0.15, -0.1) is 11.3 Å². The molecule has 0 spiro atoms. The van der Waals surface area contributed by atoms with Crippen molar-refractivity contribution in [2.45, 2.75) is 51.2 Å². The van der Waals surface area contributed by atoms with E-state index in [0.29, 0.717) is 6.04 Å². The van der Waals surface area contributed by atoms with Crippen molar-refractivity contribution in [3.63, 3.8) is 0 Å². The van der Waals surface area contributed by atoms with E-state index in [0.717, 1.165) is 18.9 Å². The van der Waals surface area contributed by atoms with Gasteiger partial charge in [0.2, 0.25) is 0 Å².